The molecule has 1 fully saturated rings. The number of fused-ring (bicyclic) bond motifs is 1. The molecule has 29 heavy (non-hydrogen) atoms. The highest BCUT2D eigenvalue weighted by Gasteiger charge is 2.39. The highest BCUT2D eigenvalue weighted by atomic mass is 16.5. The van der Waals surface area contributed by atoms with E-state index in [1.54, 1.807) is 4.90 Å². The van der Waals surface area contributed by atoms with Crippen molar-refractivity contribution >= 4 is 5.91 Å². The van der Waals surface area contributed by atoms with Crippen LogP contribution in [0.5, 0.6) is 5.75 Å². The van der Waals surface area contributed by atoms with Crippen molar-refractivity contribution in [2.24, 2.45) is 0 Å². The molecule has 2 atom stereocenters. The Bertz CT molecular complexity index is 906. The van der Waals surface area contributed by atoms with E-state index in [2.05, 4.69) is 26.0 Å². The van der Waals surface area contributed by atoms with Crippen LogP contribution in [0.15, 0.2) is 30.3 Å². The molecule has 2 aromatic carbocycles. The van der Waals surface area contributed by atoms with Crippen LogP contribution in [0.2, 0.25) is 0 Å². The second-order valence-electron chi connectivity index (χ2n) is 8.00. The lowest BCUT2D eigenvalue weighted by molar-refractivity contribution is -0.0528. The SMILES string of the molecule is CCOc1ccc(Cc2cc3c(c(C)c2C)CN(C2COCCC2O)C3=O)cc1. The van der Waals surface area contributed by atoms with Gasteiger partial charge in [0, 0.05) is 18.7 Å². The van der Waals surface area contributed by atoms with Gasteiger partial charge in [-0.3, -0.25) is 4.79 Å². The molecule has 0 spiro atoms. The van der Waals surface area contributed by atoms with E-state index in [4.69, 9.17) is 9.47 Å². The maximum absolute atomic E-state index is 13.2. The highest BCUT2D eigenvalue weighted by Crippen LogP contribution is 2.33. The summed E-state index contributed by atoms with van der Waals surface area (Å²) in [6.45, 7) is 8.36. The quantitative estimate of drug-likeness (QED) is 0.843. The third kappa shape index (κ3) is 3.77. The number of rotatable bonds is 5. The average molecular weight is 395 g/mol. The third-order valence-electron chi connectivity index (χ3n) is 6.28. The van der Waals surface area contributed by atoms with E-state index in [1.165, 1.54) is 22.3 Å². The zero-order valence-corrected chi connectivity index (χ0v) is 17.4. The number of hydrogen-bond donors (Lipinski definition) is 1. The Morgan fingerprint density at radius 1 is 1.21 bits per heavy atom. The molecule has 5 heteroatoms. The molecule has 0 aliphatic carbocycles. The number of nitrogens with zero attached hydrogens (tertiary/aromatic N) is 1. The minimum absolute atomic E-state index is 0.00518. The van der Waals surface area contributed by atoms with Gasteiger partial charge < -0.3 is 19.5 Å². The molecule has 2 aromatic rings. The molecule has 0 radical (unpaired) electrons. The number of aliphatic hydroxyl groups excluding tert-OH is 1. The summed E-state index contributed by atoms with van der Waals surface area (Å²) in [6, 6.07) is 9.93. The Hall–Kier alpha value is -2.37. The summed E-state index contributed by atoms with van der Waals surface area (Å²) in [5, 5.41) is 10.4. The van der Waals surface area contributed by atoms with Crippen LogP contribution in [0.3, 0.4) is 0 Å². The van der Waals surface area contributed by atoms with Crippen molar-refractivity contribution in [3.8, 4) is 5.75 Å². The van der Waals surface area contributed by atoms with Gasteiger partial charge in [0.1, 0.15) is 5.75 Å². The van der Waals surface area contributed by atoms with Crippen molar-refractivity contribution in [3.05, 3.63) is 63.7 Å². The van der Waals surface area contributed by atoms with Crippen molar-refractivity contribution in [2.75, 3.05) is 19.8 Å². The topological polar surface area (TPSA) is 59.0 Å². The molecule has 2 aliphatic heterocycles. The number of benzene rings is 2. The fourth-order valence-electron chi connectivity index (χ4n) is 4.38. The summed E-state index contributed by atoms with van der Waals surface area (Å²) < 4.78 is 11.1. The molecule has 1 saturated heterocycles. The number of ether oxygens (including phenoxy) is 2. The monoisotopic (exact) mass is 395 g/mol. The number of aliphatic hydroxyl groups is 1. The lowest BCUT2D eigenvalue weighted by Crippen LogP contribution is -2.49. The smallest absolute Gasteiger partial charge is 0.254 e. The van der Waals surface area contributed by atoms with Gasteiger partial charge in [0.2, 0.25) is 0 Å². The largest absolute Gasteiger partial charge is 0.494 e. The Balaban J connectivity index is 1.60. The van der Waals surface area contributed by atoms with E-state index >= 15 is 0 Å². The number of amides is 1. The summed E-state index contributed by atoms with van der Waals surface area (Å²) in [4.78, 5) is 15.0. The molecule has 4 rings (SSSR count). The van der Waals surface area contributed by atoms with Crippen molar-refractivity contribution < 1.29 is 19.4 Å². The second kappa shape index (κ2) is 8.17. The zero-order valence-electron chi connectivity index (χ0n) is 17.4. The summed E-state index contributed by atoms with van der Waals surface area (Å²) >= 11 is 0. The van der Waals surface area contributed by atoms with E-state index in [-0.39, 0.29) is 11.9 Å². The second-order valence-corrected chi connectivity index (χ2v) is 8.00. The van der Waals surface area contributed by atoms with E-state index < -0.39 is 6.10 Å². The molecule has 2 unspecified atom stereocenters. The minimum Gasteiger partial charge on any atom is -0.494 e. The van der Waals surface area contributed by atoms with Crippen LogP contribution >= 0.6 is 0 Å². The van der Waals surface area contributed by atoms with Crippen LogP contribution in [0.1, 0.15) is 51.5 Å². The van der Waals surface area contributed by atoms with Gasteiger partial charge in [-0.1, -0.05) is 12.1 Å². The van der Waals surface area contributed by atoms with Gasteiger partial charge in [-0.2, -0.15) is 0 Å². The molecule has 2 heterocycles. The van der Waals surface area contributed by atoms with Crippen LogP contribution in [0, 0.1) is 13.8 Å². The van der Waals surface area contributed by atoms with Crippen LogP contribution < -0.4 is 4.74 Å². The highest BCUT2D eigenvalue weighted by molar-refractivity contribution is 5.99. The molecular weight excluding hydrogens is 366 g/mol. The third-order valence-corrected chi connectivity index (χ3v) is 6.28. The van der Waals surface area contributed by atoms with Crippen molar-refractivity contribution in [3.63, 3.8) is 0 Å². The Labute approximate surface area is 172 Å². The van der Waals surface area contributed by atoms with Crippen LogP contribution in [0.25, 0.3) is 0 Å². The van der Waals surface area contributed by atoms with Gasteiger partial charge in [0.15, 0.2) is 0 Å². The molecular formula is C24H29NO4. The lowest BCUT2D eigenvalue weighted by Gasteiger charge is -2.34. The number of hydrogen-bond acceptors (Lipinski definition) is 4. The first-order chi connectivity index (χ1) is 14.0. The Kier molecular flexibility index (Phi) is 5.61. The molecule has 1 N–H and O–H groups in total. The summed E-state index contributed by atoms with van der Waals surface area (Å²) in [5.41, 5.74) is 6.61. The Morgan fingerprint density at radius 3 is 2.66 bits per heavy atom. The van der Waals surface area contributed by atoms with Crippen LogP contribution in [-0.2, 0) is 17.7 Å². The maximum Gasteiger partial charge on any atom is 0.254 e. The van der Waals surface area contributed by atoms with Gasteiger partial charge >= 0.3 is 0 Å². The average Bonchev–Trinajstić information content (AvgIpc) is 3.04. The van der Waals surface area contributed by atoms with Crippen molar-refractivity contribution in [1.82, 2.24) is 4.90 Å². The van der Waals surface area contributed by atoms with Crippen molar-refractivity contribution in [2.45, 2.75) is 52.3 Å². The molecule has 1 amide bonds. The first-order valence-corrected chi connectivity index (χ1v) is 10.4. The summed E-state index contributed by atoms with van der Waals surface area (Å²) in [6.07, 6.45) is 0.826. The minimum atomic E-state index is -0.522. The van der Waals surface area contributed by atoms with E-state index in [0.717, 1.165) is 23.3 Å². The summed E-state index contributed by atoms with van der Waals surface area (Å²) in [7, 11) is 0. The normalized spacial score (nSPS) is 21.4. The predicted octanol–water partition coefficient (Wildman–Crippen LogP) is 3.40. The molecule has 0 aromatic heterocycles. The molecule has 154 valence electrons. The van der Waals surface area contributed by atoms with Gasteiger partial charge in [-0.25, -0.2) is 0 Å². The molecule has 5 nitrogen and oxygen atoms in total. The van der Waals surface area contributed by atoms with E-state index in [1.807, 2.05) is 25.1 Å². The number of carbonyl (C=O) groups is 1. The predicted molar refractivity (Wildman–Crippen MR) is 111 cm³/mol. The van der Waals surface area contributed by atoms with Gasteiger partial charge in [0.25, 0.3) is 5.91 Å². The zero-order chi connectivity index (χ0) is 20.5. The number of carbonyl (C=O) groups excluding carboxylic acids is 1. The molecule has 2 aliphatic rings. The Morgan fingerprint density at radius 2 is 1.97 bits per heavy atom. The molecule has 0 bridgehead atoms. The first kappa shape index (κ1) is 19.9. The van der Waals surface area contributed by atoms with E-state index in [9.17, 15) is 9.90 Å². The van der Waals surface area contributed by atoms with Crippen molar-refractivity contribution in [1.29, 1.82) is 0 Å². The van der Waals surface area contributed by atoms with E-state index in [0.29, 0.717) is 32.8 Å². The van der Waals surface area contributed by atoms with Gasteiger partial charge in [-0.05, 0) is 79.6 Å². The van der Waals surface area contributed by atoms with Gasteiger partial charge in [-0.15, -0.1) is 0 Å². The fourth-order valence-corrected chi connectivity index (χ4v) is 4.38. The standard InChI is InChI=1S/C24H29NO4/c1-4-29-19-7-5-17(6-8-19)11-18-12-20-21(16(3)15(18)2)13-25(24(20)27)22-14-28-10-9-23(22)26/h5-8,12,22-23,26H,4,9-11,13-14H2,1-3H3. The van der Waals surface area contributed by atoms with Crippen LogP contribution in [0.4, 0.5) is 0 Å². The van der Waals surface area contributed by atoms with Crippen LogP contribution in [-0.4, -0.2) is 47.9 Å². The summed E-state index contributed by atoms with van der Waals surface area (Å²) in [5.74, 6) is 0.878. The first-order valence-electron chi connectivity index (χ1n) is 10.4. The molecule has 0 saturated carbocycles. The lowest BCUT2D eigenvalue weighted by atomic mass is 9.91. The fraction of sp³-hybridized carbons (Fsp3) is 0.458. The van der Waals surface area contributed by atoms with Gasteiger partial charge in [0.05, 0.1) is 25.4 Å². The maximum atomic E-state index is 13.2.